The maximum Gasteiger partial charge on any atom is 0.401 e. The highest BCUT2D eigenvalue weighted by Gasteiger charge is 2.54. The van der Waals surface area contributed by atoms with Gasteiger partial charge >= 0.3 is 6.18 Å². The lowest BCUT2D eigenvalue weighted by Crippen LogP contribution is -2.54. The fourth-order valence-electron chi connectivity index (χ4n) is 5.45. The monoisotopic (exact) mass is 291 g/mol. The molecule has 0 radical (unpaired) electrons. The smallest absolute Gasteiger partial charge is 0.391 e. The van der Waals surface area contributed by atoms with Crippen LogP contribution >= 0.6 is 0 Å². The highest BCUT2D eigenvalue weighted by molar-refractivity contribution is 5.04. The lowest BCUT2D eigenvalue weighted by atomic mass is 9.48. The van der Waals surface area contributed by atoms with Gasteiger partial charge in [0.15, 0.2) is 0 Å². The van der Waals surface area contributed by atoms with E-state index >= 15 is 0 Å². The van der Waals surface area contributed by atoms with E-state index in [0.717, 1.165) is 19.3 Å². The molecule has 4 aliphatic carbocycles. The van der Waals surface area contributed by atoms with E-state index in [2.05, 4.69) is 0 Å². The Bertz CT molecular complexity index is 333. The topological polar surface area (TPSA) is 23.5 Å². The van der Waals surface area contributed by atoms with Crippen LogP contribution in [-0.2, 0) is 0 Å². The van der Waals surface area contributed by atoms with Crippen LogP contribution in [0.3, 0.4) is 0 Å². The number of aliphatic hydroxyl groups excluding tert-OH is 1. The Kier molecular flexibility index (Phi) is 3.57. The van der Waals surface area contributed by atoms with Gasteiger partial charge in [0.25, 0.3) is 0 Å². The van der Waals surface area contributed by atoms with Gasteiger partial charge < -0.3 is 5.11 Å². The minimum Gasteiger partial charge on any atom is -0.391 e. The van der Waals surface area contributed by atoms with Crippen molar-refractivity contribution in [1.29, 1.82) is 0 Å². The molecule has 0 saturated heterocycles. The summed E-state index contributed by atoms with van der Waals surface area (Å²) in [6.45, 7) is -0.790. The molecule has 0 aromatic heterocycles. The largest absolute Gasteiger partial charge is 0.401 e. The normalized spacial score (nSPS) is 41.4. The molecule has 0 aliphatic heterocycles. The number of hydrogen-bond donors (Lipinski definition) is 1. The van der Waals surface area contributed by atoms with Gasteiger partial charge in [-0.05, 0) is 68.7 Å². The molecule has 4 fully saturated rings. The SMILES string of the molecule is CN(CC(O)C12CC3CC(CC(C3)C1)C2)CC(F)(F)F. The number of aliphatic hydroxyl groups is 1. The average molecular weight is 291 g/mol. The Labute approximate surface area is 118 Å². The zero-order valence-electron chi connectivity index (χ0n) is 12.0. The molecule has 1 N–H and O–H groups in total. The Morgan fingerprint density at radius 3 is 1.95 bits per heavy atom. The fourth-order valence-corrected chi connectivity index (χ4v) is 5.45. The molecule has 0 aromatic carbocycles. The molecule has 5 heteroatoms. The summed E-state index contributed by atoms with van der Waals surface area (Å²) >= 11 is 0. The molecule has 4 rings (SSSR count). The van der Waals surface area contributed by atoms with Crippen molar-refractivity contribution < 1.29 is 18.3 Å². The lowest BCUT2D eigenvalue weighted by molar-refractivity contribution is -0.157. The third kappa shape index (κ3) is 2.84. The molecular weight excluding hydrogens is 267 g/mol. The molecule has 0 spiro atoms. The molecule has 0 amide bonds. The van der Waals surface area contributed by atoms with Gasteiger partial charge in [0.1, 0.15) is 0 Å². The van der Waals surface area contributed by atoms with Crippen LogP contribution < -0.4 is 0 Å². The Morgan fingerprint density at radius 2 is 1.55 bits per heavy atom. The van der Waals surface area contributed by atoms with E-state index in [1.54, 1.807) is 0 Å². The van der Waals surface area contributed by atoms with Gasteiger partial charge in [-0.1, -0.05) is 0 Å². The Balaban J connectivity index is 1.63. The number of alkyl halides is 3. The molecular formula is C15H24F3NO. The maximum atomic E-state index is 12.4. The van der Waals surface area contributed by atoms with E-state index in [1.165, 1.54) is 31.2 Å². The van der Waals surface area contributed by atoms with Gasteiger partial charge in [-0.3, -0.25) is 4.90 Å². The van der Waals surface area contributed by atoms with Crippen LogP contribution in [0.15, 0.2) is 0 Å². The van der Waals surface area contributed by atoms with E-state index in [9.17, 15) is 18.3 Å². The summed E-state index contributed by atoms with van der Waals surface area (Å²) in [6, 6.07) is 0. The molecule has 4 aliphatic rings. The standard InChI is InChI=1S/C15H24F3NO/c1-19(9-15(16,17)18)8-13(20)14-5-10-2-11(6-14)4-12(3-10)7-14/h10-13,20H,2-9H2,1H3. The minimum atomic E-state index is -4.18. The van der Waals surface area contributed by atoms with Crippen LogP contribution in [0.1, 0.15) is 38.5 Å². The van der Waals surface area contributed by atoms with Gasteiger partial charge in [-0.25, -0.2) is 0 Å². The van der Waals surface area contributed by atoms with E-state index < -0.39 is 18.8 Å². The predicted molar refractivity (Wildman–Crippen MR) is 70.2 cm³/mol. The molecule has 1 atom stereocenters. The van der Waals surface area contributed by atoms with Crippen molar-refractivity contribution in [3.63, 3.8) is 0 Å². The fraction of sp³-hybridized carbons (Fsp3) is 1.00. The Morgan fingerprint density at radius 1 is 1.10 bits per heavy atom. The first-order chi connectivity index (χ1) is 9.26. The first-order valence-electron chi connectivity index (χ1n) is 7.69. The van der Waals surface area contributed by atoms with Crippen molar-refractivity contribution >= 4 is 0 Å². The number of rotatable bonds is 4. The van der Waals surface area contributed by atoms with Gasteiger partial charge in [0.05, 0.1) is 12.6 Å². The number of halogens is 3. The van der Waals surface area contributed by atoms with Gasteiger partial charge in [0.2, 0.25) is 0 Å². The third-order valence-corrected chi connectivity index (χ3v) is 5.73. The van der Waals surface area contributed by atoms with Crippen LogP contribution in [0.4, 0.5) is 13.2 Å². The van der Waals surface area contributed by atoms with Crippen molar-refractivity contribution in [2.75, 3.05) is 20.1 Å². The van der Waals surface area contributed by atoms with Gasteiger partial charge in [-0.15, -0.1) is 0 Å². The van der Waals surface area contributed by atoms with Crippen LogP contribution in [0, 0.1) is 23.2 Å². The van der Waals surface area contributed by atoms with Crippen molar-refractivity contribution in [2.24, 2.45) is 23.2 Å². The molecule has 116 valence electrons. The van der Waals surface area contributed by atoms with Crippen molar-refractivity contribution in [1.82, 2.24) is 4.90 Å². The van der Waals surface area contributed by atoms with Crippen LogP contribution in [0.2, 0.25) is 0 Å². The average Bonchev–Trinajstić information content (AvgIpc) is 2.23. The molecule has 4 bridgehead atoms. The maximum absolute atomic E-state index is 12.4. The summed E-state index contributed by atoms with van der Waals surface area (Å²) in [6.07, 6.45) is 2.14. The molecule has 2 nitrogen and oxygen atoms in total. The van der Waals surface area contributed by atoms with Gasteiger partial charge in [0, 0.05) is 6.54 Å². The first-order valence-corrected chi connectivity index (χ1v) is 7.69. The second-order valence-corrected chi connectivity index (χ2v) is 7.61. The molecule has 4 saturated carbocycles. The summed E-state index contributed by atoms with van der Waals surface area (Å²) in [5.74, 6) is 2.14. The summed E-state index contributed by atoms with van der Waals surface area (Å²) in [7, 11) is 1.46. The van der Waals surface area contributed by atoms with E-state index in [1.807, 2.05) is 0 Å². The summed E-state index contributed by atoms with van der Waals surface area (Å²) in [5.41, 5.74) is -0.0887. The van der Waals surface area contributed by atoms with E-state index in [4.69, 9.17) is 0 Å². The highest BCUT2D eigenvalue weighted by atomic mass is 19.4. The molecule has 0 aromatic rings. The minimum absolute atomic E-state index is 0.0887. The van der Waals surface area contributed by atoms with Crippen molar-refractivity contribution in [3.8, 4) is 0 Å². The molecule has 20 heavy (non-hydrogen) atoms. The van der Waals surface area contributed by atoms with E-state index in [-0.39, 0.29) is 12.0 Å². The summed E-state index contributed by atoms with van der Waals surface area (Å²) < 4.78 is 37.2. The predicted octanol–water partition coefficient (Wildman–Crippen LogP) is 3.06. The number of hydrogen-bond acceptors (Lipinski definition) is 2. The molecule has 0 heterocycles. The zero-order chi connectivity index (χ0) is 14.5. The third-order valence-electron chi connectivity index (χ3n) is 5.73. The zero-order valence-corrected chi connectivity index (χ0v) is 12.0. The van der Waals surface area contributed by atoms with Crippen LogP contribution in [0.25, 0.3) is 0 Å². The summed E-state index contributed by atoms with van der Waals surface area (Å²) in [4.78, 5) is 1.23. The highest BCUT2D eigenvalue weighted by Crippen LogP contribution is 2.61. The van der Waals surface area contributed by atoms with Crippen LogP contribution in [-0.4, -0.2) is 42.4 Å². The van der Waals surface area contributed by atoms with Gasteiger partial charge in [-0.2, -0.15) is 13.2 Å². The second kappa shape index (κ2) is 4.87. The summed E-state index contributed by atoms with van der Waals surface area (Å²) in [5, 5.41) is 10.6. The number of likely N-dealkylation sites (N-methyl/N-ethyl adjacent to an activating group) is 1. The Hall–Kier alpha value is -0.290. The lowest BCUT2D eigenvalue weighted by Gasteiger charge is -2.58. The van der Waals surface area contributed by atoms with Crippen molar-refractivity contribution in [2.45, 2.75) is 50.8 Å². The van der Waals surface area contributed by atoms with E-state index in [0.29, 0.717) is 17.8 Å². The number of nitrogens with zero attached hydrogens (tertiary/aromatic N) is 1. The van der Waals surface area contributed by atoms with Crippen molar-refractivity contribution in [3.05, 3.63) is 0 Å². The van der Waals surface area contributed by atoms with Crippen LogP contribution in [0.5, 0.6) is 0 Å². The first kappa shape index (κ1) is 14.6. The molecule has 1 unspecified atom stereocenters. The second-order valence-electron chi connectivity index (χ2n) is 7.61. The quantitative estimate of drug-likeness (QED) is 0.860.